The summed E-state index contributed by atoms with van der Waals surface area (Å²) in [5.41, 5.74) is 3.09. The highest BCUT2D eigenvalue weighted by atomic mass is 16.5. The number of imidazole rings is 1. The Labute approximate surface area is 133 Å². The van der Waals surface area contributed by atoms with E-state index < -0.39 is 0 Å². The molecule has 4 rings (SSSR count). The molecule has 7 nitrogen and oxygen atoms in total. The molecular formula is C16H17N5O2. The molecule has 1 atom stereocenters. The van der Waals surface area contributed by atoms with Gasteiger partial charge in [-0.15, -0.1) is 0 Å². The zero-order valence-corrected chi connectivity index (χ0v) is 12.7. The number of anilines is 2. The van der Waals surface area contributed by atoms with Gasteiger partial charge in [-0.2, -0.15) is 0 Å². The molecule has 118 valence electrons. The molecule has 1 fully saturated rings. The molecule has 1 saturated heterocycles. The third-order valence-electron chi connectivity index (χ3n) is 4.03. The number of rotatable bonds is 3. The van der Waals surface area contributed by atoms with Crippen molar-refractivity contribution in [2.45, 2.75) is 26.0 Å². The molecular weight excluding hydrogens is 294 g/mol. The molecule has 2 aromatic heterocycles. The lowest BCUT2D eigenvalue weighted by Crippen LogP contribution is -2.06. The fourth-order valence-corrected chi connectivity index (χ4v) is 2.80. The first-order valence-electron chi connectivity index (χ1n) is 7.58. The van der Waals surface area contributed by atoms with Crippen molar-refractivity contribution in [1.29, 1.82) is 0 Å². The number of benzene rings is 1. The summed E-state index contributed by atoms with van der Waals surface area (Å²) in [7, 11) is 0. The van der Waals surface area contributed by atoms with Crippen molar-refractivity contribution >= 4 is 22.7 Å². The predicted molar refractivity (Wildman–Crippen MR) is 85.7 cm³/mol. The maximum atomic E-state index is 9.62. The molecule has 3 heterocycles. The van der Waals surface area contributed by atoms with E-state index in [1.165, 1.54) is 6.33 Å². The number of phenolic OH excluding ortho intramolecular Hbond substituents is 1. The molecule has 1 aromatic carbocycles. The number of phenols is 1. The normalized spacial score (nSPS) is 17.7. The number of nitrogens with one attached hydrogen (secondary N) is 1. The number of fused-ring (bicyclic) bond motifs is 1. The molecule has 0 amide bonds. The Kier molecular flexibility index (Phi) is 3.34. The number of aryl methyl sites for hydroxylation is 1. The van der Waals surface area contributed by atoms with Gasteiger partial charge < -0.3 is 15.2 Å². The molecule has 0 spiro atoms. The largest absolute Gasteiger partial charge is 0.508 e. The SMILES string of the molecule is Cc1cc(Nc2ncnc3c2ncn3C2CCCO2)ccc1O. The second-order valence-electron chi connectivity index (χ2n) is 5.64. The van der Waals surface area contributed by atoms with Gasteiger partial charge in [0, 0.05) is 12.3 Å². The van der Waals surface area contributed by atoms with E-state index in [-0.39, 0.29) is 12.0 Å². The van der Waals surface area contributed by atoms with E-state index in [1.54, 1.807) is 18.5 Å². The minimum absolute atomic E-state index is 0.00123. The minimum Gasteiger partial charge on any atom is -0.508 e. The molecule has 3 aromatic rings. The number of aromatic nitrogens is 4. The monoisotopic (exact) mass is 311 g/mol. The highest BCUT2D eigenvalue weighted by Crippen LogP contribution is 2.29. The quantitative estimate of drug-likeness (QED) is 0.723. The van der Waals surface area contributed by atoms with Crippen molar-refractivity contribution in [2.24, 2.45) is 0 Å². The van der Waals surface area contributed by atoms with E-state index in [4.69, 9.17) is 4.74 Å². The first kappa shape index (κ1) is 14.0. The van der Waals surface area contributed by atoms with Gasteiger partial charge in [0.25, 0.3) is 0 Å². The number of hydrogen-bond donors (Lipinski definition) is 2. The summed E-state index contributed by atoms with van der Waals surface area (Å²) in [4.78, 5) is 13.1. The molecule has 0 bridgehead atoms. The number of aromatic hydroxyl groups is 1. The van der Waals surface area contributed by atoms with Crippen molar-refractivity contribution in [1.82, 2.24) is 19.5 Å². The van der Waals surface area contributed by atoms with Gasteiger partial charge in [0.1, 0.15) is 18.3 Å². The second kappa shape index (κ2) is 5.51. The van der Waals surface area contributed by atoms with E-state index in [9.17, 15) is 5.11 Å². The predicted octanol–water partition coefficient (Wildman–Crippen LogP) is 2.89. The zero-order valence-electron chi connectivity index (χ0n) is 12.7. The summed E-state index contributed by atoms with van der Waals surface area (Å²) >= 11 is 0. The van der Waals surface area contributed by atoms with Gasteiger partial charge in [-0.25, -0.2) is 15.0 Å². The van der Waals surface area contributed by atoms with Crippen LogP contribution in [-0.2, 0) is 4.74 Å². The van der Waals surface area contributed by atoms with Gasteiger partial charge in [0.05, 0.1) is 6.33 Å². The van der Waals surface area contributed by atoms with Crippen LogP contribution in [0.3, 0.4) is 0 Å². The van der Waals surface area contributed by atoms with Crippen LogP contribution >= 0.6 is 0 Å². The van der Waals surface area contributed by atoms with Crippen LogP contribution < -0.4 is 5.32 Å². The third-order valence-corrected chi connectivity index (χ3v) is 4.03. The number of hydrogen-bond acceptors (Lipinski definition) is 6. The molecule has 1 aliphatic heterocycles. The Hall–Kier alpha value is -2.67. The Bertz CT molecular complexity index is 855. The van der Waals surface area contributed by atoms with Gasteiger partial charge in [-0.3, -0.25) is 4.57 Å². The van der Waals surface area contributed by atoms with E-state index in [0.29, 0.717) is 11.3 Å². The summed E-state index contributed by atoms with van der Waals surface area (Å²) in [5.74, 6) is 0.905. The van der Waals surface area contributed by atoms with Crippen molar-refractivity contribution in [3.8, 4) is 5.75 Å². The Morgan fingerprint density at radius 3 is 3.00 bits per heavy atom. The Balaban J connectivity index is 1.71. The van der Waals surface area contributed by atoms with Crippen molar-refractivity contribution < 1.29 is 9.84 Å². The second-order valence-corrected chi connectivity index (χ2v) is 5.64. The smallest absolute Gasteiger partial charge is 0.167 e. The van der Waals surface area contributed by atoms with Crippen molar-refractivity contribution in [3.63, 3.8) is 0 Å². The van der Waals surface area contributed by atoms with Crippen LogP contribution in [0.4, 0.5) is 11.5 Å². The lowest BCUT2D eigenvalue weighted by molar-refractivity contribution is 0.0593. The van der Waals surface area contributed by atoms with E-state index in [1.807, 2.05) is 17.6 Å². The highest BCUT2D eigenvalue weighted by Gasteiger charge is 2.21. The maximum Gasteiger partial charge on any atom is 0.167 e. The van der Waals surface area contributed by atoms with Crippen molar-refractivity contribution in [3.05, 3.63) is 36.4 Å². The molecule has 0 saturated carbocycles. The van der Waals surface area contributed by atoms with Crippen LogP contribution in [0.5, 0.6) is 5.75 Å². The number of ether oxygens (including phenoxy) is 1. The van der Waals surface area contributed by atoms with E-state index in [0.717, 1.165) is 36.3 Å². The highest BCUT2D eigenvalue weighted by molar-refractivity contribution is 5.85. The summed E-state index contributed by atoms with van der Waals surface area (Å²) in [6, 6.07) is 5.31. The average Bonchev–Trinajstić information content (AvgIpc) is 3.20. The van der Waals surface area contributed by atoms with Crippen LogP contribution in [0.15, 0.2) is 30.9 Å². The average molecular weight is 311 g/mol. The molecule has 0 aliphatic carbocycles. The minimum atomic E-state index is -0.00123. The molecule has 1 unspecified atom stereocenters. The zero-order chi connectivity index (χ0) is 15.8. The topological polar surface area (TPSA) is 85.1 Å². The third kappa shape index (κ3) is 2.49. The van der Waals surface area contributed by atoms with Gasteiger partial charge in [0.15, 0.2) is 17.0 Å². The van der Waals surface area contributed by atoms with Crippen LogP contribution in [0, 0.1) is 6.92 Å². The standard InChI is InChI=1S/C16H17N5O2/c1-10-7-11(4-5-12(10)22)20-15-14-16(18-8-17-15)21(9-19-14)13-3-2-6-23-13/h4-5,7-9,13,22H,2-3,6H2,1H3,(H,17,18,20). The molecule has 23 heavy (non-hydrogen) atoms. The maximum absolute atomic E-state index is 9.62. The first-order valence-corrected chi connectivity index (χ1v) is 7.58. The van der Waals surface area contributed by atoms with Crippen LogP contribution in [0.1, 0.15) is 24.6 Å². The lowest BCUT2D eigenvalue weighted by Gasteiger charge is -2.11. The molecule has 2 N–H and O–H groups in total. The van der Waals surface area contributed by atoms with E-state index in [2.05, 4.69) is 20.3 Å². The Morgan fingerprint density at radius 2 is 2.22 bits per heavy atom. The summed E-state index contributed by atoms with van der Waals surface area (Å²) in [6.07, 6.45) is 5.29. The fraction of sp³-hybridized carbons (Fsp3) is 0.312. The lowest BCUT2D eigenvalue weighted by atomic mass is 10.2. The van der Waals surface area contributed by atoms with Gasteiger partial charge in [-0.1, -0.05) is 0 Å². The Morgan fingerprint density at radius 1 is 1.30 bits per heavy atom. The van der Waals surface area contributed by atoms with Gasteiger partial charge >= 0.3 is 0 Å². The summed E-state index contributed by atoms with van der Waals surface area (Å²) in [6.45, 7) is 2.62. The molecule has 7 heteroatoms. The van der Waals surface area contributed by atoms with E-state index >= 15 is 0 Å². The van der Waals surface area contributed by atoms with Gasteiger partial charge in [-0.05, 0) is 43.5 Å². The van der Waals surface area contributed by atoms with Gasteiger partial charge in [0.2, 0.25) is 0 Å². The van der Waals surface area contributed by atoms with Crippen LogP contribution in [0.2, 0.25) is 0 Å². The van der Waals surface area contributed by atoms with Crippen molar-refractivity contribution in [2.75, 3.05) is 11.9 Å². The summed E-state index contributed by atoms with van der Waals surface area (Å²) in [5, 5.41) is 12.9. The summed E-state index contributed by atoms with van der Waals surface area (Å²) < 4.78 is 7.66. The van der Waals surface area contributed by atoms with Crippen LogP contribution in [-0.4, -0.2) is 31.2 Å². The first-order chi connectivity index (χ1) is 11.2. The fourth-order valence-electron chi connectivity index (χ4n) is 2.80. The molecule has 0 radical (unpaired) electrons. The van der Waals surface area contributed by atoms with Crippen LogP contribution in [0.25, 0.3) is 11.2 Å². The number of nitrogens with zero attached hydrogens (tertiary/aromatic N) is 4. The molecule has 1 aliphatic rings.